The summed E-state index contributed by atoms with van der Waals surface area (Å²) in [5, 5.41) is 17.8. The molecule has 0 saturated heterocycles. The van der Waals surface area contributed by atoms with E-state index in [0.29, 0.717) is 11.5 Å². The zero-order valence-corrected chi connectivity index (χ0v) is 8.31. The molecule has 0 radical (unpaired) electrons. The highest BCUT2D eigenvalue weighted by molar-refractivity contribution is 6.58. The molecule has 4 nitrogen and oxygen atoms in total. The standard InChI is InChI=1S/C9H12BFO4/c1-14-8-3-2-7(10(12)13)6-9(8)15-5-4-11/h2-3,6,12-13H,4-5H2,1H3. The van der Waals surface area contributed by atoms with Gasteiger partial charge in [0.15, 0.2) is 11.5 Å². The molecule has 82 valence electrons. The zero-order chi connectivity index (χ0) is 11.3. The monoisotopic (exact) mass is 214 g/mol. The van der Waals surface area contributed by atoms with Crippen molar-refractivity contribution in [3.63, 3.8) is 0 Å². The third kappa shape index (κ3) is 3.11. The van der Waals surface area contributed by atoms with Crippen LogP contribution in [0.2, 0.25) is 0 Å². The Kier molecular flexibility index (Phi) is 4.39. The SMILES string of the molecule is COc1ccc(B(O)O)cc1OCCF. The van der Waals surface area contributed by atoms with E-state index in [-0.39, 0.29) is 12.1 Å². The first-order valence-electron chi connectivity index (χ1n) is 4.42. The van der Waals surface area contributed by atoms with E-state index >= 15 is 0 Å². The van der Waals surface area contributed by atoms with Crippen LogP contribution in [0.5, 0.6) is 11.5 Å². The summed E-state index contributed by atoms with van der Waals surface area (Å²) in [5.41, 5.74) is 0.268. The van der Waals surface area contributed by atoms with Gasteiger partial charge in [0.1, 0.15) is 13.3 Å². The third-order valence-electron chi connectivity index (χ3n) is 1.82. The van der Waals surface area contributed by atoms with Gasteiger partial charge in [-0.25, -0.2) is 4.39 Å². The molecule has 0 aliphatic carbocycles. The summed E-state index contributed by atoms with van der Waals surface area (Å²) in [6.07, 6.45) is 0. The first-order valence-corrected chi connectivity index (χ1v) is 4.42. The minimum atomic E-state index is -1.58. The lowest BCUT2D eigenvalue weighted by molar-refractivity contribution is 0.260. The molecule has 0 aliphatic rings. The number of halogens is 1. The molecule has 1 rings (SSSR count). The molecule has 0 fully saturated rings. The minimum Gasteiger partial charge on any atom is -0.493 e. The fraction of sp³-hybridized carbons (Fsp3) is 0.333. The number of alkyl halides is 1. The van der Waals surface area contributed by atoms with Crippen molar-refractivity contribution in [1.82, 2.24) is 0 Å². The fourth-order valence-electron chi connectivity index (χ4n) is 1.12. The Morgan fingerprint density at radius 2 is 2.07 bits per heavy atom. The van der Waals surface area contributed by atoms with Gasteiger partial charge in [0, 0.05) is 0 Å². The van der Waals surface area contributed by atoms with Gasteiger partial charge >= 0.3 is 7.12 Å². The third-order valence-corrected chi connectivity index (χ3v) is 1.82. The summed E-state index contributed by atoms with van der Waals surface area (Å²) in [7, 11) is -0.129. The minimum absolute atomic E-state index is 0.0959. The molecule has 2 N–H and O–H groups in total. The Morgan fingerprint density at radius 1 is 1.33 bits per heavy atom. The Balaban J connectivity index is 2.91. The van der Waals surface area contributed by atoms with E-state index in [9.17, 15) is 4.39 Å². The van der Waals surface area contributed by atoms with Crippen molar-refractivity contribution in [2.75, 3.05) is 20.4 Å². The Labute approximate surface area is 87.4 Å². The molecule has 0 aromatic heterocycles. The Morgan fingerprint density at radius 3 is 2.60 bits per heavy atom. The van der Waals surface area contributed by atoms with E-state index in [1.165, 1.54) is 25.3 Å². The average molecular weight is 214 g/mol. The maximum Gasteiger partial charge on any atom is 0.488 e. The summed E-state index contributed by atoms with van der Waals surface area (Å²) in [4.78, 5) is 0. The second kappa shape index (κ2) is 5.58. The number of ether oxygens (including phenoxy) is 2. The van der Waals surface area contributed by atoms with Crippen LogP contribution in [-0.4, -0.2) is 37.6 Å². The summed E-state index contributed by atoms with van der Waals surface area (Å²) >= 11 is 0. The van der Waals surface area contributed by atoms with E-state index in [2.05, 4.69) is 0 Å². The van der Waals surface area contributed by atoms with E-state index in [1.54, 1.807) is 0 Å². The smallest absolute Gasteiger partial charge is 0.488 e. The van der Waals surface area contributed by atoms with Gasteiger partial charge in [0.25, 0.3) is 0 Å². The number of benzene rings is 1. The molecule has 0 spiro atoms. The summed E-state index contributed by atoms with van der Waals surface area (Å²) in [6.45, 7) is -0.712. The van der Waals surface area contributed by atoms with Gasteiger partial charge in [-0.3, -0.25) is 0 Å². The van der Waals surface area contributed by atoms with Crippen LogP contribution >= 0.6 is 0 Å². The molecule has 0 bridgehead atoms. The Hall–Kier alpha value is -1.27. The first-order chi connectivity index (χ1) is 7.19. The molecular weight excluding hydrogens is 202 g/mol. The second-order valence-corrected chi connectivity index (χ2v) is 2.82. The van der Waals surface area contributed by atoms with Crippen LogP contribution in [-0.2, 0) is 0 Å². The van der Waals surface area contributed by atoms with Gasteiger partial charge < -0.3 is 19.5 Å². The lowest BCUT2D eigenvalue weighted by atomic mass is 9.80. The number of rotatable bonds is 5. The van der Waals surface area contributed by atoms with Gasteiger partial charge in [-0.15, -0.1) is 0 Å². The molecular formula is C9H12BFO4. The molecule has 0 amide bonds. The highest BCUT2D eigenvalue weighted by atomic mass is 19.1. The molecule has 1 aromatic carbocycles. The second-order valence-electron chi connectivity index (χ2n) is 2.82. The molecule has 0 aliphatic heterocycles. The average Bonchev–Trinajstić information content (AvgIpc) is 2.25. The van der Waals surface area contributed by atoms with Crippen molar-refractivity contribution in [3.8, 4) is 11.5 Å². The fourth-order valence-corrected chi connectivity index (χ4v) is 1.12. The predicted octanol–water partition coefficient (Wildman–Crippen LogP) is -0.277. The molecule has 6 heteroatoms. The van der Waals surface area contributed by atoms with E-state index in [0.717, 1.165) is 0 Å². The van der Waals surface area contributed by atoms with Gasteiger partial charge in [-0.2, -0.15) is 0 Å². The highest BCUT2D eigenvalue weighted by Crippen LogP contribution is 2.24. The van der Waals surface area contributed by atoms with Crippen molar-refractivity contribution in [1.29, 1.82) is 0 Å². The van der Waals surface area contributed by atoms with Crippen molar-refractivity contribution in [3.05, 3.63) is 18.2 Å². The van der Waals surface area contributed by atoms with Crippen LogP contribution in [0.25, 0.3) is 0 Å². The quantitative estimate of drug-likeness (QED) is 0.662. The first kappa shape index (κ1) is 11.8. The largest absolute Gasteiger partial charge is 0.493 e. The lowest BCUT2D eigenvalue weighted by Crippen LogP contribution is -2.29. The van der Waals surface area contributed by atoms with Crippen molar-refractivity contribution in [2.45, 2.75) is 0 Å². The van der Waals surface area contributed by atoms with E-state index in [4.69, 9.17) is 19.5 Å². The van der Waals surface area contributed by atoms with Crippen LogP contribution in [0.3, 0.4) is 0 Å². The summed E-state index contributed by atoms with van der Waals surface area (Å²) in [6, 6.07) is 4.42. The molecule has 0 heterocycles. The van der Waals surface area contributed by atoms with Crippen LogP contribution < -0.4 is 14.9 Å². The summed E-state index contributed by atoms with van der Waals surface area (Å²) in [5.74, 6) is 0.716. The molecule has 1 aromatic rings. The van der Waals surface area contributed by atoms with E-state index in [1.807, 2.05) is 0 Å². The van der Waals surface area contributed by atoms with Gasteiger partial charge in [0.05, 0.1) is 7.11 Å². The molecule has 0 atom stereocenters. The summed E-state index contributed by atoms with van der Waals surface area (Å²) < 4.78 is 21.9. The number of methoxy groups -OCH3 is 1. The Bertz CT molecular complexity index is 319. The van der Waals surface area contributed by atoms with Crippen molar-refractivity contribution < 1.29 is 23.9 Å². The van der Waals surface area contributed by atoms with Crippen LogP contribution in [0.4, 0.5) is 4.39 Å². The maximum absolute atomic E-state index is 11.9. The maximum atomic E-state index is 11.9. The molecule has 15 heavy (non-hydrogen) atoms. The molecule has 0 saturated carbocycles. The molecule has 0 unspecified atom stereocenters. The predicted molar refractivity (Wildman–Crippen MR) is 54.3 cm³/mol. The normalized spacial score (nSPS) is 9.87. The van der Waals surface area contributed by atoms with Crippen LogP contribution in [0.1, 0.15) is 0 Å². The van der Waals surface area contributed by atoms with Gasteiger partial charge in [-0.05, 0) is 17.6 Å². The van der Waals surface area contributed by atoms with E-state index < -0.39 is 13.8 Å². The topological polar surface area (TPSA) is 58.9 Å². The van der Waals surface area contributed by atoms with Crippen LogP contribution in [0.15, 0.2) is 18.2 Å². The van der Waals surface area contributed by atoms with Crippen LogP contribution in [0, 0.1) is 0 Å². The van der Waals surface area contributed by atoms with Gasteiger partial charge in [0.2, 0.25) is 0 Å². The van der Waals surface area contributed by atoms with Crippen molar-refractivity contribution in [2.24, 2.45) is 0 Å². The number of hydrogen-bond donors (Lipinski definition) is 2. The zero-order valence-electron chi connectivity index (χ0n) is 8.31. The van der Waals surface area contributed by atoms with Gasteiger partial charge in [-0.1, -0.05) is 6.07 Å². The highest BCUT2D eigenvalue weighted by Gasteiger charge is 2.14. The lowest BCUT2D eigenvalue weighted by Gasteiger charge is -2.10. The van der Waals surface area contributed by atoms with Crippen molar-refractivity contribution >= 4 is 12.6 Å². The number of hydrogen-bond acceptors (Lipinski definition) is 4.